The summed E-state index contributed by atoms with van der Waals surface area (Å²) < 4.78 is 0. The van der Waals surface area contributed by atoms with Crippen molar-refractivity contribution in [2.75, 3.05) is 0 Å². The maximum atomic E-state index is 10.4. The molecule has 1 amide bonds. The van der Waals surface area contributed by atoms with Gasteiger partial charge in [0.25, 0.3) is 0 Å². The molecule has 0 rings (SSSR count). The van der Waals surface area contributed by atoms with E-state index in [1.54, 1.807) is 5.48 Å². The van der Waals surface area contributed by atoms with Gasteiger partial charge >= 0.3 is 0 Å². The Labute approximate surface area is 75.1 Å². The van der Waals surface area contributed by atoms with Crippen molar-refractivity contribution >= 4 is 5.91 Å². The van der Waals surface area contributed by atoms with Crippen LogP contribution < -0.4 is 5.48 Å². The van der Waals surface area contributed by atoms with Crippen molar-refractivity contribution in [3.63, 3.8) is 0 Å². The zero-order valence-corrected chi connectivity index (χ0v) is 8.39. The third kappa shape index (κ3) is 12.1. The molecule has 3 heteroatoms. The molecule has 2 N–H and O–H groups in total. The van der Waals surface area contributed by atoms with E-state index >= 15 is 0 Å². The van der Waals surface area contributed by atoms with Crippen LogP contribution in [0.1, 0.15) is 52.9 Å². The summed E-state index contributed by atoms with van der Waals surface area (Å²) in [6.07, 6.45) is 4.72. The third-order valence-electron chi connectivity index (χ3n) is 1.38. The molecule has 0 spiro atoms. The van der Waals surface area contributed by atoms with E-state index in [-0.39, 0.29) is 5.91 Å². The fourth-order valence-electron chi connectivity index (χ4n) is 0.768. The minimum atomic E-state index is -0.281. The summed E-state index contributed by atoms with van der Waals surface area (Å²) >= 11 is 0. The Morgan fingerprint density at radius 3 is 2.25 bits per heavy atom. The van der Waals surface area contributed by atoms with Gasteiger partial charge in [-0.05, 0) is 6.42 Å². The van der Waals surface area contributed by atoms with Gasteiger partial charge in [-0.2, -0.15) is 0 Å². The average Bonchev–Trinajstić information content (AvgIpc) is 2.15. The van der Waals surface area contributed by atoms with E-state index in [0.29, 0.717) is 6.42 Å². The van der Waals surface area contributed by atoms with Crippen molar-refractivity contribution in [3.05, 3.63) is 0 Å². The lowest BCUT2D eigenvalue weighted by Crippen LogP contribution is -2.17. The Kier molecular flexibility index (Phi) is 15.2. The number of hydrogen-bond acceptors (Lipinski definition) is 2. The molecule has 12 heavy (non-hydrogen) atoms. The Morgan fingerprint density at radius 1 is 1.25 bits per heavy atom. The van der Waals surface area contributed by atoms with Gasteiger partial charge in [-0.3, -0.25) is 10.0 Å². The molecule has 0 aliphatic heterocycles. The molecule has 0 aromatic heterocycles. The van der Waals surface area contributed by atoms with Crippen LogP contribution in [-0.2, 0) is 4.79 Å². The number of carbonyl (C=O) groups is 1. The van der Waals surface area contributed by atoms with Crippen LogP contribution in [0.25, 0.3) is 0 Å². The molecule has 0 saturated heterocycles. The van der Waals surface area contributed by atoms with Crippen molar-refractivity contribution in [2.24, 2.45) is 0 Å². The van der Waals surface area contributed by atoms with Crippen LogP contribution in [0.5, 0.6) is 0 Å². The van der Waals surface area contributed by atoms with Gasteiger partial charge in [0.1, 0.15) is 0 Å². The van der Waals surface area contributed by atoms with Crippen molar-refractivity contribution in [3.8, 4) is 0 Å². The number of hydrogen-bond donors (Lipinski definition) is 2. The zero-order valence-electron chi connectivity index (χ0n) is 8.39. The first-order valence-electron chi connectivity index (χ1n) is 4.74. The summed E-state index contributed by atoms with van der Waals surface area (Å²) in [4.78, 5) is 10.4. The van der Waals surface area contributed by atoms with Crippen LogP contribution in [0, 0.1) is 0 Å². The molecule has 0 aliphatic carbocycles. The van der Waals surface area contributed by atoms with Gasteiger partial charge in [-0.25, -0.2) is 5.48 Å². The Hall–Kier alpha value is -0.570. The van der Waals surface area contributed by atoms with Gasteiger partial charge in [0.15, 0.2) is 0 Å². The number of hydroxylamine groups is 1. The predicted octanol–water partition coefficient (Wildman–Crippen LogP) is 2.49. The molecular weight excluding hydrogens is 154 g/mol. The van der Waals surface area contributed by atoms with Crippen LogP contribution in [0.2, 0.25) is 0 Å². The highest BCUT2D eigenvalue weighted by Crippen LogP contribution is 2.01. The Bertz CT molecular complexity index is 94.5. The molecule has 0 aromatic rings. The maximum absolute atomic E-state index is 10.4. The van der Waals surface area contributed by atoms with Gasteiger partial charge in [0.05, 0.1) is 0 Å². The van der Waals surface area contributed by atoms with E-state index in [9.17, 15) is 4.79 Å². The minimum Gasteiger partial charge on any atom is -0.289 e. The topological polar surface area (TPSA) is 49.3 Å². The van der Waals surface area contributed by atoms with Crippen LogP contribution in [-0.4, -0.2) is 11.1 Å². The Balaban J connectivity index is 0. The second-order valence-electron chi connectivity index (χ2n) is 2.35. The van der Waals surface area contributed by atoms with Crippen LogP contribution in [0.3, 0.4) is 0 Å². The van der Waals surface area contributed by atoms with Gasteiger partial charge < -0.3 is 0 Å². The van der Waals surface area contributed by atoms with E-state index in [2.05, 4.69) is 6.92 Å². The first-order chi connectivity index (χ1) is 5.81. The molecule has 0 bridgehead atoms. The van der Waals surface area contributed by atoms with Crippen molar-refractivity contribution in [2.45, 2.75) is 52.9 Å². The number of unbranched alkanes of at least 4 members (excludes halogenated alkanes) is 3. The van der Waals surface area contributed by atoms with Crippen molar-refractivity contribution < 1.29 is 10.0 Å². The molecule has 0 heterocycles. The van der Waals surface area contributed by atoms with E-state index < -0.39 is 0 Å². The second-order valence-corrected chi connectivity index (χ2v) is 2.35. The number of rotatable bonds is 5. The predicted molar refractivity (Wildman–Crippen MR) is 50.0 cm³/mol. The van der Waals surface area contributed by atoms with Crippen LogP contribution in [0.15, 0.2) is 0 Å². The summed E-state index contributed by atoms with van der Waals surface area (Å²) in [5, 5.41) is 8.09. The lowest BCUT2D eigenvalue weighted by Gasteiger charge is -1.96. The summed E-state index contributed by atoms with van der Waals surface area (Å²) in [6.45, 7) is 6.12. The minimum absolute atomic E-state index is 0.281. The summed E-state index contributed by atoms with van der Waals surface area (Å²) in [5.74, 6) is -0.281. The molecule has 0 radical (unpaired) electrons. The molecule has 3 nitrogen and oxygen atoms in total. The highest BCUT2D eigenvalue weighted by molar-refractivity contribution is 5.74. The molecule has 0 atom stereocenters. The third-order valence-corrected chi connectivity index (χ3v) is 1.38. The maximum Gasteiger partial charge on any atom is 0.243 e. The fraction of sp³-hybridized carbons (Fsp3) is 0.889. The van der Waals surface area contributed by atoms with Gasteiger partial charge in [-0.1, -0.05) is 40.0 Å². The molecule has 0 aliphatic rings. The molecule has 0 aromatic carbocycles. The van der Waals surface area contributed by atoms with Gasteiger partial charge in [-0.15, -0.1) is 0 Å². The highest BCUT2D eigenvalue weighted by Gasteiger charge is 1.96. The number of nitrogens with one attached hydrogen (secondary N) is 1. The highest BCUT2D eigenvalue weighted by atomic mass is 16.5. The molecule has 0 saturated carbocycles. The SMILES string of the molecule is CC.CCCCCCC(=O)NO. The zero-order chi connectivity index (χ0) is 9.82. The number of carbonyl (C=O) groups excluding carboxylic acids is 1. The first-order valence-corrected chi connectivity index (χ1v) is 4.74. The van der Waals surface area contributed by atoms with Crippen LogP contribution >= 0.6 is 0 Å². The summed E-state index contributed by atoms with van der Waals surface area (Å²) in [7, 11) is 0. The molecule has 0 fully saturated rings. The van der Waals surface area contributed by atoms with Gasteiger partial charge in [0, 0.05) is 6.42 Å². The average molecular weight is 175 g/mol. The molecule has 74 valence electrons. The van der Waals surface area contributed by atoms with Crippen LogP contribution in [0.4, 0.5) is 0 Å². The molecule has 0 unspecified atom stereocenters. The van der Waals surface area contributed by atoms with Crippen molar-refractivity contribution in [1.29, 1.82) is 0 Å². The fourth-order valence-corrected chi connectivity index (χ4v) is 0.768. The Morgan fingerprint density at radius 2 is 1.83 bits per heavy atom. The van der Waals surface area contributed by atoms with E-state index in [4.69, 9.17) is 5.21 Å². The van der Waals surface area contributed by atoms with Crippen molar-refractivity contribution in [1.82, 2.24) is 5.48 Å². The standard InChI is InChI=1S/C7H15NO2.C2H6/c1-2-3-4-5-6-7(9)8-10;1-2/h10H,2-6H2,1H3,(H,8,9);1-2H3. The van der Waals surface area contributed by atoms with E-state index in [1.165, 1.54) is 12.8 Å². The smallest absolute Gasteiger partial charge is 0.243 e. The summed E-state index contributed by atoms with van der Waals surface area (Å²) in [6, 6.07) is 0. The van der Waals surface area contributed by atoms with E-state index in [1.807, 2.05) is 13.8 Å². The largest absolute Gasteiger partial charge is 0.289 e. The second kappa shape index (κ2) is 13.1. The van der Waals surface area contributed by atoms with Gasteiger partial charge in [0.2, 0.25) is 5.91 Å². The first kappa shape index (κ1) is 14.0. The van der Waals surface area contributed by atoms with E-state index in [0.717, 1.165) is 12.8 Å². The lowest BCUT2D eigenvalue weighted by molar-refractivity contribution is -0.129. The lowest BCUT2D eigenvalue weighted by atomic mass is 10.1. The number of amides is 1. The molecular formula is C9H21NO2. The summed E-state index contributed by atoms with van der Waals surface area (Å²) in [5.41, 5.74) is 1.60. The normalized spacial score (nSPS) is 8.33. The monoisotopic (exact) mass is 175 g/mol. The quantitative estimate of drug-likeness (QED) is 0.383.